The van der Waals surface area contributed by atoms with Crippen molar-refractivity contribution in [2.24, 2.45) is 0 Å². The Morgan fingerprint density at radius 1 is 1.06 bits per heavy atom. The third-order valence-corrected chi connectivity index (χ3v) is 5.11. The summed E-state index contributed by atoms with van der Waals surface area (Å²) in [6.07, 6.45) is 6.31. The van der Waals surface area contributed by atoms with Gasteiger partial charge in [0.1, 0.15) is 5.75 Å². The predicted octanol–water partition coefficient (Wildman–Crippen LogP) is 4.24. The molecule has 6 nitrogen and oxygen atoms in total. The molecule has 1 aliphatic heterocycles. The zero-order chi connectivity index (χ0) is 22.1. The average Bonchev–Trinajstić information content (AvgIpc) is 2.79. The van der Waals surface area contributed by atoms with Crippen LogP contribution in [-0.2, 0) is 4.79 Å². The first-order chi connectivity index (χ1) is 15.1. The Hall–Kier alpha value is -3.19. The van der Waals surface area contributed by atoms with Crippen LogP contribution in [0.4, 0.5) is 5.69 Å². The topological polar surface area (TPSA) is 70.7 Å². The Morgan fingerprint density at radius 3 is 2.48 bits per heavy atom. The molecule has 2 aromatic carbocycles. The van der Waals surface area contributed by atoms with E-state index < -0.39 is 0 Å². The van der Waals surface area contributed by atoms with Crippen LogP contribution in [0, 0.1) is 0 Å². The number of nitrogens with zero attached hydrogens (tertiary/aromatic N) is 1. The second-order valence-corrected chi connectivity index (χ2v) is 7.59. The number of hydrogen-bond donors (Lipinski definition) is 2. The lowest BCUT2D eigenvalue weighted by atomic mass is 10.1. The van der Waals surface area contributed by atoms with Crippen molar-refractivity contribution in [2.75, 3.05) is 25.0 Å². The summed E-state index contributed by atoms with van der Waals surface area (Å²) in [4.78, 5) is 27.0. The fourth-order valence-corrected chi connectivity index (χ4v) is 3.58. The van der Waals surface area contributed by atoms with Crippen LogP contribution in [0.25, 0.3) is 6.08 Å². The molecule has 3 rings (SSSR count). The van der Waals surface area contributed by atoms with Gasteiger partial charge < -0.3 is 15.0 Å². The third-order valence-electron chi connectivity index (χ3n) is 4.90. The largest absolute Gasteiger partial charge is 0.494 e. The zero-order valence-corrected chi connectivity index (χ0v) is 18.4. The summed E-state index contributed by atoms with van der Waals surface area (Å²) in [7, 11) is 0. The van der Waals surface area contributed by atoms with Gasteiger partial charge >= 0.3 is 0 Å². The van der Waals surface area contributed by atoms with Gasteiger partial charge in [-0.15, -0.1) is 0 Å². The second-order valence-electron chi connectivity index (χ2n) is 7.18. The molecule has 0 bridgehead atoms. The Bertz CT molecular complexity index is 951. The minimum Gasteiger partial charge on any atom is -0.494 e. The van der Waals surface area contributed by atoms with Crippen molar-refractivity contribution in [1.82, 2.24) is 10.2 Å². The van der Waals surface area contributed by atoms with Crippen molar-refractivity contribution < 1.29 is 14.3 Å². The van der Waals surface area contributed by atoms with Gasteiger partial charge in [0.05, 0.1) is 17.9 Å². The van der Waals surface area contributed by atoms with Crippen molar-refractivity contribution in [3.8, 4) is 5.75 Å². The van der Waals surface area contributed by atoms with Crippen LogP contribution in [0.2, 0.25) is 0 Å². The fraction of sp³-hybridized carbons (Fsp3) is 0.292. The molecule has 1 heterocycles. The van der Waals surface area contributed by atoms with E-state index in [-0.39, 0.29) is 16.9 Å². The first-order valence-corrected chi connectivity index (χ1v) is 10.9. The zero-order valence-electron chi connectivity index (χ0n) is 17.6. The molecule has 1 saturated heterocycles. The van der Waals surface area contributed by atoms with Crippen molar-refractivity contribution in [2.45, 2.75) is 26.2 Å². The lowest BCUT2D eigenvalue weighted by Gasteiger charge is -2.27. The summed E-state index contributed by atoms with van der Waals surface area (Å²) >= 11 is 5.27. The molecule has 31 heavy (non-hydrogen) atoms. The van der Waals surface area contributed by atoms with Gasteiger partial charge in [-0.2, -0.15) is 0 Å². The van der Waals surface area contributed by atoms with Crippen LogP contribution in [0.5, 0.6) is 5.75 Å². The predicted molar refractivity (Wildman–Crippen MR) is 127 cm³/mol. The van der Waals surface area contributed by atoms with E-state index in [1.54, 1.807) is 18.2 Å². The Morgan fingerprint density at radius 2 is 1.77 bits per heavy atom. The first-order valence-electron chi connectivity index (χ1n) is 10.5. The summed E-state index contributed by atoms with van der Waals surface area (Å²) in [6, 6.07) is 14.6. The van der Waals surface area contributed by atoms with Crippen LogP contribution in [-0.4, -0.2) is 41.5 Å². The van der Waals surface area contributed by atoms with E-state index in [0.717, 1.165) is 43.7 Å². The smallest absolute Gasteiger partial charge is 0.255 e. The molecule has 0 atom stereocenters. The van der Waals surface area contributed by atoms with E-state index in [4.69, 9.17) is 17.0 Å². The molecule has 2 N–H and O–H groups in total. The molecule has 1 fully saturated rings. The van der Waals surface area contributed by atoms with Crippen LogP contribution in [0.3, 0.4) is 0 Å². The quantitative estimate of drug-likeness (QED) is 0.523. The van der Waals surface area contributed by atoms with E-state index in [1.165, 1.54) is 6.08 Å². The summed E-state index contributed by atoms with van der Waals surface area (Å²) in [5.74, 6) is 0.408. The number of thiocarbonyl (C=S) groups is 1. The minimum absolute atomic E-state index is 0.0210. The van der Waals surface area contributed by atoms with E-state index >= 15 is 0 Å². The van der Waals surface area contributed by atoms with Crippen molar-refractivity contribution in [3.05, 3.63) is 65.7 Å². The van der Waals surface area contributed by atoms with Crippen LogP contribution >= 0.6 is 12.2 Å². The molecule has 162 valence electrons. The number of anilines is 1. The number of rotatable bonds is 6. The van der Waals surface area contributed by atoms with E-state index in [1.807, 2.05) is 48.2 Å². The number of ether oxygens (including phenoxy) is 1. The molecule has 2 aromatic rings. The number of para-hydroxylation sites is 1. The van der Waals surface area contributed by atoms with Gasteiger partial charge in [-0.3, -0.25) is 14.9 Å². The Balaban J connectivity index is 1.57. The molecule has 2 amide bonds. The highest BCUT2D eigenvalue weighted by atomic mass is 32.1. The molecule has 0 unspecified atom stereocenters. The van der Waals surface area contributed by atoms with E-state index in [9.17, 15) is 9.59 Å². The number of nitrogens with one attached hydrogen (secondary N) is 2. The maximum atomic E-state index is 12.9. The summed E-state index contributed by atoms with van der Waals surface area (Å²) in [5.41, 5.74) is 2.00. The van der Waals surface area contributed by atoms with Crippen molar-refractivity contribution in [3.63, 3.8) is 0 Å². The lowest BCUT2D eigenvalue weighted by Crippen LogP contribution is -2.37. The van der Waals surface area contributed by atoms with Crippen molar-refractivity contribution >= 4 is 40.9 Å². The number of hydrogen-bond acceptors (Lipinski definition) is 4. The van der Waals surface area contributed by atoms with Gasteiger partial charge in [-0.25, -0.2) is 0 Å². The van der Waals surface area contributed by atoms with Crippen LogP contribution in [0.15, 0.2) is 54.6 Å². The molecule has 0 aromatic heterocycles. The second kappa shape index (κ2) is 11.3. The summed E-state index contributed by atoms with van der Waals surface area (Å²) < 4.78 is 5.40. The van der Waals surface area contributed by atoms with E-state index in [2.05, 4.69) is 10.6 Å². The Kier molecular flexibility index (Phi) is 8.18. The maximum absolute atomic E-state index is 12.9. The number of piperidine rings is 1. The van der Waals surface area contributed by atoms with Crippen molar-refractivity contribution in [1.29, 1.82) is 0 Å². The molecular weight excluding hydrogens is 410 g/mol. The summed E-state index contributed by atoms with van der Waals surface area (Å²) in [5, 5.41) is 5.74. The fourth-order valence-electron chi connectivity index (χ4n) is 3.37. The molecule has 7 heteroatoms. The highest BCUT2D eigenvalue weighted by Gasteiger charge is 2.20. The Labute approximate surface area is 188 Å². The van der Waals surface area contributed by atoms with Gasteiger partial charge in [0.2, 0.25) is 5.91 Å². The number of carbonyl (C=O) groups excluding carboxylic acids is 2. The van der Waals surface area contributed by atoms with Gasteiger partial charge in [-0.1, -0.05) is 24.3 Å². The lowest BCUT2D eigenvalue weighted by molar-refractivity contribution is -0.115. The molecular formula is C24H27N3O3S. The molecule has 0 radical (unpaired) electrons. The number of benzene rings is 2. The summed E-state index contributed by atoms with van der Waals surface area (Å²) in [6.45, 7) is 4.07. The van der Waals surface area contributed by atoms with Gasteiger partial charge in [0, 0.05) is 19.2 Å². The average molecular weight is 438 g/mol. The first kappa shape index (κ1) is 22.5. The SMILES string of the molecule is CCOc1ccc(/C=C/C(=O)NC(=S)Nc2ccccc2C(=O)N2CCCCC2)cc1. The monoisotopic (exact) mass is 437 g/mol. The molecule has 1 aliphatic rings. The maximum Gasteiger partial charge on any atom is 0.255 e. The highest BCUT2D eigenvalue weighted by Crippen LogP contribution is 2.20. The van der Waals surface area contributed by atoms with Gasteiger partial charge in [-0.05, 0) is 74.3 Å². The third kappa shape index (κ3) is 6.65. The molecule has 0 spiro atoms. The number of amides is 2. The molecule has 0 aliphatic carbocycles. The van der Waals surface area contributed by atoms with Gasteiger partial charge in [0.15, 0.2) is 5.11 Å². The molecule has 0 saturated carbocycles. The van der Waals surface area contributed by atoms with Crippen LogP contribution < -0.4 is 15.4 Å². The normalized spacial score (nSPS) is 13.6. The minimum atomic E-state index is -0.355. The standard InChI is InChI=1S/C24H27N3O3S/c1-2-30-19-13-10-18(11-14-19)12-15-22(28)26-24(31)25-21-9-5-4-8-20(21)23(29)27-16-6-3-7-17-27/h4-5,8-15H,2-3,6-7,16-17H2,1H3,(H2,25,26,28,31)/b15-12+. The van der Waals surface area contributed by atoms with E-state index in [0.29, 0.717) is 17.9 Å². The number of likely N-dealkylation sites (tertiary alicyclic amines) is 1. The highest BCUT2D eigenvalue weighted by molar-refractivity contribution is 7.80. The van der Waals surface area contributed by atoms with Crippen LogP contribution in [0.1, 0.15) is 42.1 Å². The van der Waals surface area contributed by atoms with Gasteiger partial charge in [0.25, 0.3) is 5.91 Å². The number of carbonyl (C=O) groups is 2.